The van der Waals surface area contributed by atoms with Crippen LogP contribution in [0.2, 0.25) is 0 Å². The lowest BCUT2D eigenvalue weighted by atomic mass is 10.00. The van der Waals surface area contributed by atoms with Crippen LogP contribution in [0.3, 0.4) is 0 Å². The van der Waals surface area contributed by atoms with Gasteiger partial charge in [0.05, 0.1) is 25.1 Å². The molecule has 254 valence electrons. The fraction of sp³-hybridized carbons (Fsp3) is 0.343. The monoisotopic (exact) mass is 661 g/mol. The maximum absolute atomic E-state index is 13.4. The minimum absolute atomic E-state index is 0.0165. The Hall–Kier alpha value is -5.46. The first-order valence-corrected chi connectivity index (χ1v) is 15.6. The van der Waals surface area contributed by atoms with Gasteiger partial charge in [-0.25, -0.2) is 4.39 Å². The normalized spacial score (nSPS) is 19.1. The van der Waals surface area contributed by atoms with Gasteiger partial charge in [-0.1, -0.05) is 42.5 Å². The number of halogens is 1. The third kappa shape index (κ3) is 10.5. The fourth-order valence-electron chi connectivity index (χ4n) is 4.85. The highest BCUT2D eigenvalue weighted by Crippen LogP contribution is 2.19. The molecule has 5 N–H and O–H groups in total. The number of nitrogens with one attached hydrogen (secondary N) is 5. The van der Waals surface area contributed by atoms with Crippen molar-refractivity contribution >= 4 is 29.5 Å². The number of benzene rings is 3. The molecule has 3 aromatic rings. The summed E-state index contributed by atoms with van der Waals surface area (Å²) >= 11 is 0. The van der Waals surface area contributed by atoms with E-state index in [-0.39, 0.29) is 44.0 Å². The molecule has 0 bridgehead atoms. The molecular formula is C35H40FN5O7. The Morgan fingerprint density at radius 3 is 2.42 bits per heavy atom. The molecule has 0 saturated carbocycles. The SMILES string of the molecule is CC1(C)NC(=O)C[C@@H](C(=O)NCCOc2ccc(F)cc2)NC(=O)c2ccccc2OCCCNC(=O)[C@H](Cc2ccccc2)NC1=O. The summed E-state index contributed by atoms with van der Waals surface area (Å²) in [6.45, 7) is 3.40. The van der Waals surface area contributed by atoms with Crippen molar-refractivity contribution in [3.63, 3.8) is 0 Å². The Morgan fingerprint density at radius 1 is 0.958 bits per heavy atom. The van der Waals surface area contributed by atoms with E-state index in [9.17, 15) is 28.4 Å². The van der Waals surface area contributed by atoms with Gasteiger partial charge in [0, 0.05) is 13.0 Å². The molecule has 1 aliphatic rings. The number of amides is 5. The standard InChI is InChI=1S/C35H40FN5O7/c1-35(2)34(46)40-27(21-23-9-4-3-5-10-23)32(44)37-17-8-19-48-29-12-7-6-11-26(29)31(43)39-28(22-30(42)41-35)33(45)38-18-20-47-25-15-13-24(36)14-16-25/h3-7,9-16,27-28H,8,17-22H2,1-2H3,(H,37,44)(H,38,45)(H,39,43)(H,40,46)(H,41,42)/t27-,28-/m0/s1. The molecular weight excluding hydrogens is 621 g/mol. The van der Waals surface area contributed by atoms with Crippen LogP contribution in [0.5, 0.6) is 11.5 Å². The van der Waals surface area contributed by atoms with Gasteiger partial charge in [0.25, 0.3) is 5.91 Å². The van der Waals surface area contributed by atoms with Crippen molar-refractivity contribution in [1.82, 2.24) is 26.6 Å². The number of rotatable bonds is 7. The maximum atomic E-state index is 13.4. The molecule has 1 heterocycles. The van der Waals surface area contributed by atoms with Crippen LogP contribution in [-0.2, 0) is 25.6 Å². The second-order valence-electron chi connectivity index (χ2n) is 11.7. The van der Waals surface area contributed by atoms with Crippen LogP contribution in [-0.4, -0.2) is 73.5 Å². The molecule has 13 heteroatoms. The highest BCUT2D eigenvalue weighted by Gasteiger charge is 2.35. The Labute approximate surface area is 278 Å². The van der Waals surface area contributed by atoms with Crippen LogP contribution >= 0.6 is 0 Å². The predicted octanol–water partition coefficient (Wildman–Crippen LogP) is 2.03. The van der Waals surface area contributed by atoms with Gasteiger partial charge in [0.15, 0.2) is 0 Å². The average Bonchev–Trinajstić information content (AvgIpc) is 3.06. The van der Waals surface area contributed by atoms with Crippen molar-refractivity contribution in [3.05, 3.63) is 95.8 Å². The summed E-state index contributed by atoms with van der Waals surface area (Å²) in [6, 6.07) is 18.8. The van der Waals surface area contributed by atoms with Gasteiger partial charge in [-0.2, -0.15) is 0 Å². The van der Waals surface area contributed by atoms with Crippen molar-refractivity contribution in [2.24, 2.45) is 0 Å². The summed E-state index contributed by atoms with van der Waals surface area (Å²) in [5.41, 5.74) is -0.524. The summed E-state index contributed by atoms with van der Waals surface area (Å²) in [5, 5.41) is 13.5. The van der Waals surface area contributed by atoms with Crippen molar-refractivity contribution in [2.45, 2.75) is 50.7 Å². The maximum Gasteiger partial charge on any atom is 0.255 e. The van der Waals surface area contributed by atoms with Crippen LogP contribution in [0.15, 0.2) is 78.9 Å². The quantitative estimate of drug-likeness (QED) is 0.242. The van der Waals surface area contributed by atoms with Crippen LogP contribution in [0.25, 0.3) is 0 Å². The molecule has 0 spiro atoms. The minimum Gasteiger partial charge on any atom is -0.493 e. The number of hydrogen-bond donors (Lipinski definition) is 5. The van der Waals surface area contributed by atoms with E-state index in [1.54, 1.807) is 18.2 Å². The lowest BCUT2D eigenvalue weighted by Crippen LogP contribution is -2.60. The summed E-state index contributed by atoms with van der Waals surface area (Å²) in [6.07, 6.45) is 0.107. The zero-order valence-corrected chi connectivity index (χ0v) is 26.8. The van der Waals surface area contributed by atoms with Gasteiger partial charge in [0.2, 0.25) is 23.6 Å². The molecule has 4 rings (SSSR count). The number of carbonyl (C=O) groups is 5. The molecule has 0 aromatic heterocycles. The lowest BCUT2D eigenvalue weighted by Gasteiger charge is -2.29. The van der Waals surface area contributed by atoms with E-state index in [2.05, 4.69) is 26.6 Å². The zero-order chi connectivity index (χ0) is 34.5. The molecule has 0 fully saturated rings. The van der Waals surface area contributed by atoms with E-state index in [0.29, 0.717) is 12.2 Å². The van der Waals surface area contributed by atoms with Crippen molar-refractivity contribution in [1.29, 1.82) is 0 Å². The number of hydrogen-bond acceptors (Lipinski definition) is 7. The van der Waals surface area contributed by atoms with Crippen LogP contribution in [0.1, 0.15) is 42.6 Å². The van der Waals surface area contributed by atoms with E-state index >= 15 is 0 Å². The second kappa shape index (κ2) is 16.9. The minimum atomic E-state index is -1.49. The zero-order valence-electron chi connectivity index (χ0n) is 26.8. The molecule has 0 aliphatic carbocycles. The van der Waals surface area contributed by atoms with Gasteiger partial charge in [0.1, 0.15) is 41.5 Å². The van der Waals surface area contributed by atoms with E-state index < -0.39 is 59.4 Å². The molecule has 0 radical (unpaired) electrons. The number of carbonyl (C=O) groups excluding carboxylic acids is 5. The third-order valence-electron chi connectivity index (χ3n) is 7.43. The van der Waals surface area contributed by atoms with E-state index in [1.807, 2.05) is 30.3 Å². The molecule has 12 nitrogen and oxygen atoms in total. The first kappa shape index (κ1) is 35.4. The second-order valence-corrected chi connectivity index (χ2v) is 11.7. The van der Waals surface area contributed by atoms with Gasteiger partial charge >= 0.3 is 0 Å². The van der Waals surface area contributed by atoms with Crippen molar-refractivity contribution in [3.8, 4) is 11.5 Å². The summed E-state index contributed by atoms with van der Waals surface area (Å²) in [5.74, 6) is -2.81. The Morgan fingerprint density at radius 2 is 1.67 bits per heavy atom. The predicted molar refractivity (Wildman–Crippen MR) is 175 cm³/mol. The van der Waals surface area contributed by atoms with Crippen LogP contribution in [0.4, 0.5) is 4.39 Å². The van der Waals surface area contributed by atoms with E-state index in [1.165, 1.54) is 44.2 Å². The first-order chi connectivity index (χ1) is 23.0. The van der Waals surface area contributed by atoms with Gasteiger partial charge in [-0.05, 0) is 62.2 Å². The summed E-state index contributed by atoms with van der Waals surface area (Å²) in [7, 11) is 0. The average molecular weight is 662 g/mol. The number of para-hydroxylation sites is 1. The summed E-state index contributed by atoms with van der Waals surface area (Å²) in [4.78, 5) is 66.6. The van der Waals surface area contributed by atoms with Gasteiger partial charge < -0.3 is 36.1 Å². The molecule has 5 amide bonds. The Bertz CT molecular complexity index is 1580. The molecule has 0 unspecified atom stereocenters. The lowest BCUT2D eigenvalue weighted by molar-refractivity contribution is -0.135. The number of fused-ring (bicyclic) bond motifs is 1. The van der Waals surface area contributed by atoms with Crippen molar-refractivity contribution < 1.29 is 37.8 Å². The highest BCUT2D eigenvalue weighted by molar-refractivity contribution is 6.01. The van der Waals surface area contributed by atoms with Gasteiger partial charge in [-0.15, -0.1) is 0 Å². The Kier molecular flexibility index (Phi) is 12.5. The molecule has 2 atom stereocenters. The first-order valence-electron chi connectivity index (χ1n) is 15.6. The molecule has 3 aromatic carbocycles. The van der Waals surface area contributed by atoms with Crippen LogP contribution in [0, 0.1) is 5.82 Å². The molecule has 1 aliphatic heterocycles. The fourth-order valence-corrected chi connectivity index (χ4v) is 4.85. The van der Waals surface area contributed by atoms with E-state index in [4.69, 9.17) is 9.47 Å². The van der Waals surface area contributed by atoms with Crippen LogP contribution < -0.4 is 36.1 Å². The van der Waals surface area contributed by atoms with E-state index in [0.717, 1.165) is 5.56 Å². The largest absolute Gasteiger partial charge is 0.493 e. The molecule has 0 saturated heterocycles. The summed E-state index contributed by atoms with van der Waals surface area (Å²) < 4.78 is 24.5. The van der Waals surface area contributed by atoms with Gasteiger partial charge in [-0.3, -0.25) is 24.0 Å². The smallest absolute Gasteiger partial charge is 0.255 e. The highest BCUT2D eigenvalue weighted by atomic mass is 19.1. The number of ether oxygens (including phenoxy) is 2. The topological polar surface area (TPSA) is 164 Å². The van der Waals surface area contributed by atoms with Crippen molar-refractivity contribution in [2.75, 3.05) is 26.3 Å². The molecule has 48 heavy (non-hydrogen) atoms. The third-order valence-corrected chi connectivity index (χ3v) is 7.43. The Balaban J connectivity index is 1.52.